The van der Waals surface area contributed by atoms with Crippen molar-refractivity contribution in [2.24, 2.45) is 0 Å². The highest BCUT2D eigenvalue weighted by molar-refractivity contribution is 5.79. The molecule has 0 unspecified atom stereocenters. The SMILES string of the molecule is Cc1cc2cc(CCC(=O)O)ccc2[nH]c1=O. The third-order valence-electron chi connectivity index (χ3n) is 2.72. The maximum absolute atomic E-state index is 11.4. The number of aromatic nitrogens is 1. The predicted molar refractivity (Wildman–Crippen MR) is 65.3 cm³/mol. The van der Waals surface area contributed by atoms with Crippen LogP contribution in [0.2, 0.25) is 0 Å². The van der Waals surface area contributed by atoms with E-state index in [1.807, 2.05) is 24.3 Å². The molecule has 2 aromatic rings. The molecule has 0 spiro atoms. The Bertz CT molecular complexity index is 628. The topological polar surface area (TPSA) is 70.2 Å². The second kappa shape index (κ2) is 4.41. The number of carboxylic acid groups (broad SMARTS) is 1. The van der Waals surface area contributed by atoms with Crippen LogP contribution >= 0.6 is 0 Å². The number of hydrogen-bond donors (Lipinski definition) is 2. The van der Waals surface area contributed by atoms with Crippen molar-refractivity contribution in [1.82, 2.24) is 4.98 Å². The Morgan fingerprint density at radius 3 is 2.82 bits per heavy atom. The molecule has 17 heavy (non-hydrogen) atoms. The minimum atomic E-state index is -0.803. The zero-order valence-electron chi connectivity index (χ0n) is 9.49. The summed E-state index contributed by atoms with van der Waals surface area (Å²) < 4.78 is 0. The van der Waals surface area contributed by atoms with Crippen molar-refractivity contribution in [3.63, 3.8) is 0 Å². The second-order valence-corrected chi connectivity index (χ2v) is 4.10. The fraction of sp³-hybridized carbons (Fsp3) is 0.231. The number of H-pyrrole nitrogens is 1. The third-order valence-corrected chi connectivity index (χ3v) is 2.72. The number of benzene rings is 1. The molecule has 0 saturated carbocycles. The molecule has 4 nitrogen and oxygen atoms in total. The summed E-state index contributed by atoms with van der Waals surface area (Å²) in [4.78, 5) is 24.7. The van der Waals surface area contributed by atoms with Gasteiger partial charge in [0.1, 0.15) is 0 Å². The molecule has 0 aliphatic heterocycles. The Labute approximate surface area is 97.9 Å². The summed E-state index contributed by atoms with van der Waals surface area (Å²) in [6, 6.07) is 7.39. The van der Waals surface area contributed by atoms with Crippen LogP contribution in [-0.4, -0.2) is 16.1 Å². The van der Waals surface area contributed by atoms with Gasteiger partial charge in [-0.3, -0.25) is 9.59 Å². The number of aromatic amines is 1. The minimum absolute atomic E-state index is 0.0872. The van der Waals surface area contributed by atoms with Gasteiger partial charge in [0.15, 0.2) is 0 Å². The third kappa shape index (κ3) is 2.53. The maximum atomic E-state index is 11.4. The van der Waals surface area contributed by atoms with Crippen LogP contribution in [0.15, 0.2) is 29.1 Å². The van der Waals surface area contributed by atoms with Gasteiger partial charge in [-0.2, -0.15) is 0 Å². The van der Waals surface area contributed by atoms with E-state index >= 15 is 0 Å². The van der Waals surface area contributed by atoms with Crippen LogP contribution in [0.4, 0.5) is 0 Å². The van der Waals surface area contributed by atoms with E-state index in [1.165, 1.54) is 0 Å². The van der Waals surface area contributed by atoms with Gasteiger partial charge in [-0.1, -0.05) is 6.07 Å². The molecule has 1 aromatic heterocycles. The number of rotatable bonds is 3. The van der Waals surface area contributed by atoms with E-state index in [1.54, 1.807) is 6.92 Å². The molecule has 2 N–H and O–H groups in total. The van der Waals surface area contributed by atoms with Crippen LogP contribution in [0.1, 0.15) is 17.5 Å². The van der Waals surface area contributed by atoms with Crippen LogP contribution < -0.4 is 5.56 Å². The Morgan fingerprint density at radius 2 is 2.12 bits per heavy atom. The second-order valence-electron chi connectivity index (χ2n) is 4.10. The number of aryl methyl sites for hydroxylation is 2. The summed E-state index contributed by atoms with van der Waals surface area (Å²) in [5.41, 5.74) is 2.31. The molecule has 0 bridgehead atoms. The monoisotopic (exact) mass is 231 g/mol. The van der Waals surface area contributed by atoms with Gasteiger partial charge in [-0.05, 0) is 42.5 Å². The molecule has 88 valence electrons. The molecule has 0 aliphatic carbocycles. The van der Waals surface area contributed by atoms with Crippen molar-refractivity contribution < 1.29 is 9.90 Å². The molecule has 0 amide bonds. The highest BCUT2D eigenvalue weighted by atomic mass is 16.4. The van der Waals surface area contributed by atoms with Crippen LogP contribution in [0, 0.1) is 6.92 Å². The van der Waals surface area contributed by atoms with E-state index in [4.69, 9.17) is 5.11 Å². The van der Waals surface area contributed by atoms with Gasteiger partial charge >= 0.3 is 5.97 Å². The first-order valence-corrected chi connectivity index (χ1v) is 5.40. The van der Waals surface area contributed by atoms with Gasteiger partial charge in [-0.25, -0.2) is 0 Å². The Hall–Kier alpha value is -2.10. The summed E-state index contributed by atoms with van der Waals surface area (Å²) in [6.45, 7) is 1.75. The number of carboxylic acids is 1. The Kier molecular flexibility index (Phi) is 2.95. The normalized spacial score (nSPS) is 10.6. The lowest BCUT2D eigenvalue weighted by Gasteiger charge is -2.03. The lowest BCUT2D eigenvalue weighted by atomic mass is 10.1. The zero-order valence-corrected chi connectivity index (χ0v) is 9.49. The van der Waals surface area contributed by atoms with Gasteiger partial charge in [0.2, 0.25) is 0 Å². The van der Waals surface area contributed by atoms with Crippen molar-refractivity contribution in [2.45, 2.75) is 19.8 Å². The molecule has 2 rings (SSSR count). The molecule has 0 saturated heterocycles. The van der Waals surface area contributed by atoms with Crippen molar-refractivity contribution in [1.29, 1.82) is 0 Å². The summed E-state index contributed by atoms with van der Waals surface area (Å²) in [6.07, 6.45) is 0.622. The van der Waals surface area contributed by atoms with Crippen LogP contribution in [0.3, 0.4) is 0 Å². The molecule has 1 heterocycles. The molecule has 0 atom stereocenters. The van der Waals surface area contributed by atoms with Gasteiger partial charge in [0.25, 0.3) is 5.56 Å². The standard InChI is InChI=1S/C13H13NO3/c1-8-6-10-7-9(3-5-12(15)16)2-4-11(10)14-13(8)17/h2,4,6-7H,3,5H2,1H3,(H,14,17)(H,15,16). The lowest BCUT2D eigenvalue weighted by Crippen LogP contribution is -2.08. The minimum Gasteiger partial charge on any atom is -0.481 e. The van der Waals surface area contributed by atoms with E-state index in [0.29, 0.717) is 12.0 Å². The van der Waals surface area contributed by atoms with Crippen molar-refractivity contribution in [2.75, 3.05) is 0 Å². The highest BCUT2D eigenvalue weighted by Crippen LogP contribution is 2.14. The van der Waals surface area contributed by atoms with E-state index in [2.05, 4.69) is 4.98 Å². The molecule has 0 radical (unpaired) electrons. The van der Waals surface area contributed by atoms with Crippen molar-refractivity contribution >= 4 is 16.9 Å². The van der Waals surface area contributed by atoms with Crippen molar-refractivity contribution in [3.05, 3.63) is 45.7 Å². The van der Waals surface area contributed by atoms with Crippen molar-refractivity contribution in [3.8, 4) is 0 Å². The fourth-order valence-corrected chi connectivity index (χ4v) is 1.77. The van der Waals surface area contributed by atoms with Gasteiger partial charge in [-0.15, -0.1) is 0 Å². The smallest absolute Gasteiger partial charge is 0.303 e. The number of fused-ring (bicyclic) bond motifs is 1. The first-order chi connectivity index (χ1) is 8.06. The number of aliphatic carboxylic acids is 1. The summed E-state index contributed by atoms with van der Waals surface area (Å²) in [7, 11) is 0. The maximum Gasteiger partial charge on any atom is 0.303 e. The molecule has 0 fully saturated rings. The first-order valence-electron chi connectivity index (χ1n) is 5.40. The van der Waals surface area contributed by atoms with Gasteiger partial charge in [0, 0.05) is 17.5 Å². The fourth-order valence-electron chi connectivity index (χ4n) is 1.77. The molecule has 0 aliphatic rings. The quantitative estimate of drug-likeness (QED) is 0.846. The zero-order chi connectivity index (χ0) is 12.4. The average molecular weight is 231 g/mol. The molecule has 4 heteroatoms. The van der Waals surface area contributed by atoms with Gasteiger partial charge in [0.05, 0.1) is 0 Å². The molecular formula is C13H13NO3. The number of pyridine rings is 1. The lowest BCUT2D eigenvalue weighted by molar-refractivity contribution is -0.136. The summed E-state index contributed by atoms with van der Waals surface area (Å²) in [5, 5.41) is 9.56. The first kappa shape index (κ1) is 11.4. The van der Waals surface area contributed by atoms with Crippen LogP contribution in [-0.2, 0) is 11.2 Å². The van der Waals surface area contributed by atoms with Crippen LogP contribution in [0.25, 0.3) is 10.9 Å². The average Bonchev–Trinajstić information content (AvgIpc) is 2.28. The van der Waals surface area contributed by atoms with Gasteiger partial charge < -0.3 is 10.1 Å². The number of carbonyl (C=O) groups is 1. The molecular weight excluding hydrogens is 218 g/mol. The Morgan fingerprint density at radius 1 is 1.35 bits per heavy atom. The van der Waals surface area contributed by atoms with E-state index in [-0.39, 0.29) is 12.0 Å². The Balaban J connectivity index is 2.40. The molecule has 1 aromatic carbocycles. The summed E-state index contributed by atoms with van der Waals surface area (Å²) >= 11 is 0. The summed E-state index contributed by atoms with van der Waals surface area (Å²) in [5.74, 6) is -0.803. The van der Waals surface area contributed by atoms with Crippen LogP contribution in [0.5, 0.6) is 0 Å². The predicted octanol–water partition coefficient (Wildman–Crippen LogP) is 1.85. The largest absolute Gasteiger partial charge is 0.481 e. The van der Waals surface area contributed by atoms with E-state index < -0.39 is 5.97 Å². The van der Waals surface area contributed by atoms with E-state index in [0.717, 1.165) is 16.5 Å². The number of hydrogen-bond acceptors (Lipinski definition) is 2. The number of nitrogens with one attached hydrogen (secondary N) is 1. The van der Waals surface area contributed by atoms with E-state index in [9.17, 15) is 9.59 Å². The highest BCUT2D eigenvalue weighted by Gasteiger charge is 2.02.